The fraction of sp³-hybridized carbons (Fsp3) is 0.643. The van der Waals surface area contributed by atoms with Crippen LogP contribution in [0.15, 0.2) is 18.3 Å². The highest BCUT2D eigenvalue weighted by atomic mass is 16.5. The van der Waals surface area contributed by atoms with E-state index in [2.05, 4.69) is 4.98 Å². The second-order valence-electron chi connectivity index (χ2n) is 5.42. The molecule has 1 atom stereocenters. The van der Waals surface area contributed by atoms with Gasteiger partial charge in [-0.1, -0.05) is 0 Å². The van der Waals surface area contributed by atoms with Crippen LogP contribution in [0.3, 0.4) is 0 Å². The fourth-order valence-corrected chi connectivity index (χ4v) is 2.33. The second-order valence-corrected chi connectivity index (χ2v) is 5.42. The molecule has 5 heteroatoms. The maximum absolute atomic E-state index is 10.5. The Bertz CT molecular complexity index is 400. The van der Waals surface area contributed by atoms with Gasteiger partial charge in [0.1, 0.15) is 0 Å². The summed E-state index contributed by atoms with van der Waals surface area (Å²) >= 11 is 0. The monoisotopic (exact) mass is 265 g/mol. The van der Waals surface area contributed by atoms with Crippen molar-refractivity contribution in [2.45, 2.75) is 31.4 Å². The molecule has 1 aliphatic heterocycles. The number of rotatable bonds is 4. The van der Waals surface area contributed by atoms with E-state index in [1.807, 2.05) is 31.0 Å². The molecule has 0 aromatic carbocycles. The van der Waals surface area contributed by atoms with Crippen molar-refractivity contribution in [3.05, 3.63) is 24.0 Å². The molecule has 1 saturated heterocycles. The first kappa shape index (κ1) is 14.2. The largest absolute Gasteiger partial charge is 0.388 e. The third-order valence-corrected chi connectivity index (χ3v) is 3.63. The third kappa shape index (κ3) is 3.65. The van der Waals surface area contributed by atoms with Crippen LogP contribution in [0.5, 0.6) is 0 Å². The summed E-state index contributed by atoms with van der Waals surface area (Å²) in [7, 11) is 1.97. The molecule has 1 aromatic heterocycles. The van der Waals surface area contributed by atoms with Gasteiger partial charge in [-0.3, -0.25) is 4.98 Å². The Hall–Kier alpha value is -1.17. The Morgan fingerprint density at radius 1 is 1.47 bits per heavy atom. The van der Waals surface area contributed by atoms with Crippen LogP contribution in [0.25, 0.3) is 0 Å². The summed E-state index contributed by atoms with van der Waals surface area (Å²) in [6, 6.07) is 3.87. The van der Waals surface area contributed by atoms with E-state index < -0.39 is 5.60 Å². The van der Waals surface area contributed by atoms with Gasteiger partial charge in [-0.2, -0.15) is 0 Å². The molecule has 0 amide bonds. The lowest BCUT2D eigenvalue weighted by Crippen LogP contribution is -2.45. The highest BCUT2D eigenvalue weighted by Crippen LogP contribution is 2.24. The lowest BCUT2D eigenvalue weighted by molar-refractivity contribution is -0.0572. The minimum absolute atomic E-state index is 0.0565. The Morgan fingerprint density at radius 2 is 2.16 bits per heavy atom. The summed E-state index contributed by atoms with van der Waals surface area (Å²) in [6.07, 6.45) is 3.17. The number of anilines is 1. The minimum atomic E-state index is -0.660. The van der Waals surface area contributed by atoms with Gasteiger partial charge in [0.15, 0.2) is 0 Å². The van der Waals surface area contributed by atoms with E-state index in [0.29, 0.717) is 32.6 Å². The van der Waals surface area contributed by atoms with Crippen molar-refractivity contribution in [3.63, 3.8) is 0 Å². The van der Waals surface area contributed by atoms with Crippen molar-refractivity contribution in [1.29, 1.82) is 0 Å². The summed E-state index contributed by atoms with van der Waals surface area (Å²) < 4.78 is 5.29. The van der Waals surface area contributed by atoms with Crippen LogP contribution in [0.2, 0.25) is 0 Å². The molecule has 106 valence electrons. The molecule has 1 aromatic rings. The fourth-order valence-electron chi connectivity index (χ4n) is 2.33. The number of hydrogen-bond acceptors (Lipinski definition) is 5. The number of aromatic nitrogens is 1. The molecule has 3 N–H and O–H groups in total. The first-order chi connectivity index (χ1) is 9.00. The number of likely N-dealkylation sites (N-methyl/N-ethyl adjacent to an activating group) is 1. The quantitative estimate of drug-likeness (QED) is 0.852. The van der Waals surface area contributed by atoms with Gasteiger partial charge in [-0.15, -0.1) is 0 Å². The molecule has 0 bridgehead atoms. The molecule has 1 fully saturated rings. The molecule has 2 rings (SSSR count). The maximum Gasteiger partial charge on any atom is 0.0865 e. The molecule has 0 spiro atoms. The summed E-state index contributed by atoms with van der Waals surface area (Å²) in [5.41, 5.74) is 6.99. The number of ether oxygens (including phenoxy) is 1. The van der Waals surface area contributed by atoms with Crippen LogP contribution in [-0.4, -0.2) is 42.5 Å². The highest BCUT2D eigenvalue weighted by Gasteiger charge is 2.31. The third-order valence-electron chi connectivity index (χ3n) is 3.63. The van der Waals surface area contributed by atoms with Crippen LogP contribution < -0.4 is 10.6 Å². The van der Waals surface area contributed by atoms with Gasteiger partial charge in [0, 0.05) is 45.7 Å². The lowest BCUT2D eigenvalue weighted by Gasteiger charge is -2.36. The Balaban J connectivity index is 2.00. The van der Waals surface area contributed by atoms with Crippen molar-refractivity contribution in [2.75, 3.05) is 31.7 Å². The minimum Gasteiger partial charge on any atom is -0.388 e. The molecule has 0 aliphatic carbocycles. The average Bonchev–Trinajstić information content (AvgIpc) is 2.39. The second kappa shape index (κ2) is 5.86. The summed E-state index contributed by atoms with van der Waals surface area (Å²) in [5, 5.41) is 10.5. The van der Waals surface area contributed by atoms with Gasteiger partial charge in [0.05, 0.1) is 23.2 Å². The van der Waals surface area contributed by atoms with E-state index in [9.17, 15) is 5.11 Å². The van der Waals surface area contributed by atoms with Crippen molar-refractivity contribution in [2.24, 2.45) is 5.73 Å². The SMILES string of the molecule is C[C@H](N)c1ccc(N(C)CC2(O)CCOCC2)cn1. The highest BCUT2D eigenvalue weighted by molar-refractivity contribution is 5.44. The number of hydrogen-bond donors (Lipinski definition) is 2. The summed E-state index contributed by atoms with van der Waals surface area (Å²) in [5.74, 6) is 0. The van der Waals surface area contributed by atoms with E-state index in [4.69, 9.17) is 10.5 Å². The molecular weight excluding hydrogens is 242 g/mol. The topological polar surface area (TPSA) is 71.6 Å². The van der Waals surface area contributed by atoms with Crippen molar-refractivity contribution in [1.82, 2.24) is 4.98 Å². The first-order valence-corrected chi connectivity index (χ1v) is 6.73. The van der Waals surface area contributed by atoms with Crippen LogP contribution in [0, 0.1) is 0 Å². The average molecular weight is 265 g/mol. The van der Waals surface area contributed by atoms with Crippen molar-refractivity contribution in [3.8, 4) is 0 Å². The zero-order valence-corrected chi connectivity index (χ0v) is 11.7. The zero-order valence-electron chi connectivity index (χ0n) is 11.7. The number of nitrogens with two attached hydrogens (primary N) is 1. The van der Waals surface area contributed by atoms with Crippen LogP contribution in [0.4, 0.5) is 5.69 Å². The van der Waals surface area contributed by atoms with Gasteiger partial charge in [0.25, 0.3) is 0 Å². The first-order valence-electron chi connectivity index (χ1n) is 6.73. The van der Waals surface area contributed by atoms with Crippen molar-refractivity contribution < 1.29 is 9.84 Å². The van der Waals surface area contributed by atoms with Crippen LogP contribution in [0.1, 0.15) is 31.5 Å². The predicted molar refractivity (Wildman–Crippen MR) is 75.1 cm³/mol. The molecule has 0 saturated carbocycles. The van der Waals surface area contributed by atoms with Crippen molar-refractivity contribution >= 4 is 5.69 Å². The zero-order chi connectivity index (χ0) is 13.9. The standard InChI is InChI=1S/C14H23N3O2/c1-11(15)13-4-3-12(9-16-13)17(2)10-14(18)5-7-19-8-6-14/h3-4,9,11,18H,5-8,10,15H2,1-2H3/t11-/m0/s1. The van der Waals surface area contributed by atoms with Gasteiger partial charge >= 0.3 is 0 Å². The van der Waals surface area contributed by atoms with E-state index in [0.717, 1.165) is 11.4 Å². The molecule has 0 radical (unpaired) electrons. The molecule has 2 heterocycles. The normalized spacial score (nSPS) is 20.0. The van der Waals surface area contributed by atoms with Gasteiger partial charge in [-0.25, -0.2) is 0 Å². The van der Waals surface area contributed by atoms with E-state index in [1.54, 1.807) is 6.20 Å². The Kier molecular flexibility index (Phi) is 4.39. The van der Waals surface area contributed by atoms with Gasteiger partial charge in [-0.05, 0) is 19.1 Å². The van der Waals surface area contributed by atoms with E-state index >= 15 is 0 Å². The van der Waals surface area contributed by atoms with E-state index in [1.165, 1.54) is 0 Å². The lowest BCUT2D eigenvalue weighted by atomic mass is 9.94. The van der Waals surface area contributed by atoms with Crippen LogP contribution >= 0.6 is 0 Å². The maximum atomic E-state index is 10.5. The number of nitrogens with zero attached hydrogens (tertiary/aromatic N) is 2. The molecule has 0 unspecified atom stereocenters. The predicted octanol–water partition coefficient (Wildman–Crippen LogP) is 1.08. The Labute approximate surface area is 114 Å². The summed E-state index contributed by atoms with van der Waals surface area (Å²) in [4.78, 5) is 6.37. The smallest absolute Gasteiger partial charge is 0.0865 e. The summed E-state index contributed by atoms with van der Waals surface area (Å²) in [6.45, 7) is 3.77. The van der Waals surface area contributed by atoms with E-state index in [-0.39, 0.29) is 6.04 Å². The molecule has 5 nitrogen and oxygen atoms in total. The van der Waals surface area contributed by atoms with Crippen LogP contribution in [-0.2, 0) is 4.74 Å². The van der Waals surface area contributed by atoms with Gasteiger partial charge < -0.3 is 20.5 Å². The van der Waals surface area contributed by atoms with Gasteiger partial charge in [0.2, 0.25) is 0 Å². The Morgan fingerprint density at radius 3 is 2.68 bits per heavy atom. The number of aliphatic hydroxyl groups is 1. The number of pyridine rings is 1. The molecule has 19 heavy (non-hydrogen) atoms. The molecular formula is C14H23N3O2. The molecule has 1 aliphatic rings.